The third-order valence-electron chi connectivity index (χ3n) is 8.84. The average molecular weight is 831 g/mol. The lowest BCUT2D eigenvalue weighted by molar-refractivity contribution is -0.697. The van der Waals surface area contributed by atoms with E-state index in [1.165, 1.54) is 0 Å². The Hall–Kier alpha value is -4.78. The number of unbranched alkanes of at least 4 members (excludes halogenated alkanes) is 1. The Bertz CT molecular complexity index is 2460. The van der Waals surface area contributed by atoms with Crippen molar-refractivity contribution >= 4 is 87.6 Å². The fourth-order valence-corrected chi connectivity index (χ4v) is 8.49. The van der Waals surface area contributed by atoms with Gasteiger partial charge in [-0.25, -0.2) is 21.4 Å². The Morgan fingerprint density at radius 1 is 0.964 bits per heavy atom. The molecule has 19 heteroatoms. The minimum Gasteiger partial charge on any atom is -0.439 e. The molecule has 2 heterocycles. The highest BCUT2D eigenvalue weighted by Crippen LogP contribution is 2.48. The number of aryl methyl sites for hydroxylation is 1. The van der Waals surface area contributed by atoms with Crippen LogP contribution in [0.15, 0.2) is 89.0 Å². The number of fused-ring (bicyclic) bond motifs is 3. The minimum absolute atomic E-state index is 0.0772. The Labute approximate surface area is 325 Å². The average Bonchev–Trinajstić information content (AvgIpc) is 3.36. The van der Waals surface area contributed by atoms with Crippen LogP contribution in [0.3, 0.4) is 0 Å². The first-order chi connectivity index (χ1) is 25.7. The number of carbonyl (C=O) groups is 2. The summed E-state index contributed by atoms with van der Waals surface area (Å²) in [6, 6.07) is 12.9. The number of pyridine rings is 1. The smallest absolute Gasteiger partial charge is 0.264 e. The predicted molar refractivity (Wildman–Crippen MR) is 211 cm³/mol. The van der Waals surface area contributed by atoms with Gasteiger partial charge >= 0.3 is 0 Å². The third kappa shape index (κ3) is 11.9. The van der Waals surface area contributed by atoms with E-state index in [9.17, 15) is 34.8 Å². The Morgan fingerprint density at radius 3 is 2.22 bits per heavy atom. The number of nitrogens with zero attached hydrogens (tertiary/aromatic N) is 3. The highest BCUT2D eigenvalue weighted by molar-refractivity contribution is 7.89. The molecule has 0 saturated carbocycles. The van der Waals surface area contributed by atoms with Crippen molar-refractivity contribution in [3.63, 3.8) is 0 Å². The summed E-state index contributed by atoms with van der Waals surface area (Å²) in [6.45, 7) is 0.505. The molecule has 1 aliphatic heterocycles. The number of aliphatic imine (C=N–C) groups is 1. The summed E-state index contributed by atoms with van der Waals surface area (Å²) in [6.07, 6.45) is 10.9. The maximum absolute atomic E-state index is 13.2. The Balaban J connectivity index is 1.53. The molecule has 0 fully saturated rings. The normalized spacial score (nSPS) is 16.9. The van der Waals surface area contributed by atoms with Crippen molar-refractivity contribution in [1.29, 1.82) is 0 Å². The summed E-state index contributed by atoms with van der Waals surface area (Å²) in [5.74, 6) is -1.03. The van der Waals surface area contributed by atoms with E-state index in [1.54, 1.807) is 18.5 Å². The van der Waals surface area contributed by atoms with Crippen LogP contribution in [0.2, 0.25) is 0 Å². The van der Waals surface area contributed by atoms with Gasteiger partial charge in [0.15, 0.2) is 18.1 Å². The molecule has 3 N–H and O–H groups in total. The van der Waals surface area contributed by atoms with Crippen LogP contribution in [0.4, 0.5) is 11.4 Å². The van der Waals surface area contributed by atoms with E-state index in [4.69, 9.17) is 21.5 Å². The van der Waals surface area contributed by atoms with Gasteiger partial charge < -0.3 is 9.64 Å². The van der Waals surface area contributed by atoms with Gasteiger partial charge in [0, 0.05) is 49.9 Å². The molecule has 2 aliphatic rings. The molecule has 1 aliphatic carbocycles. The van der Waals surface area contributed by atoms with Gasteiger partial charge in [-0.1, -0.05) is 18.2 Å². The van der Waals surface area contributed by atoms with Crippen molar-refractivity contribution in [1.82, 2.24) is 9.44 Å². The van der Waals surface area contributed by atoms with Crippen LogP contribution in [0.1, 0.15) is 44.1 Å². The Morgan fingerprint density at radius 2 is 1.62 bits per heavy atom. The number of nitrogens with one attached hydrogen (secondary N) is 2. The van der Waals surface area contributed by atoms with Crippen LogP contribution < -0.4 is 23.6 Å². The number of anilines is 1. The SMILES string of the molecule is CN1C(=CC2=CC(=Cc3cc[n+](CCCCS(=O)(=O)O)cc3)CC(CC(=O)NS(C)(=O)=O)(CC(=O)NS(C)(=O)=O)C2)Oc2ccc3cc(N=C=S)ccc3c21. The molecule has 292 valence electrons. The lowest BCUT2D eigenvalue weighted by Crippen LogP contribution is -2.40. The molecule has 0 radical (unpaired) electrons. The fraction of sp³-hybridized carbons (Fsp3) is 0.333. The van der Waals surface area contributed by atoms with Crippen molar-refractivity contribution in [3.8, 4) is 5.75 Å². The number of hydrogen-bond donors (Lipinski definition) is 3. The van der Waals surface area contributed by atoms with E-state index >= 15 is 0 Å². The third-order valence-corrected chi connectivity index (χ3v) is 10.9. The topological polar surface area (TPSA) is 210 Å². The summed E-state index contributed by atoms with van der Waals surface area (Å²) in [5, 5.41) is 4.14. The van der Waals surface area contributed by atoms with Gasteiger partial charge in [0.1, 0.15) is 6.54 Å². The van der Waals surface area contributed by atoms with Gasteiger partial charge in [0.2, 0.25) is 37.7 Å². The number of thiocarbonyl (C=S) groups is 1. The van der Waals surface area contributed by atoms with Crippen LogP contribution in [0.5, 0.6) is 5.75 Å². The monoisotopic (exact) mass is 830 g/mol. The highest BCUT2D eigenvalue weighted by atomic mass is 32.2. The van der Waals surface area contributed by atoms with Gasteiger partial charge in [0.05, 0.1) is 34.8 Å². The van der Waals surface area contributed by atoms with E-state index in [0.29, 0.717) is 41.4 Å². The fourth-order valence-electron chi connectivity index (χ4n) is 6.85. The van der Waals surface area contributed by atoms with E-state index in [-0.39, 0.29) is 25.0 Å². The second kappa shape index (κ2) is 16.5. The zero-order chi connectivity index (χ0) is 40.2. The van der Waals surface area contributed by atoms with E-state index in [0.717, 1.165) is 34.5 Å². The summed E-state index contributed by atoms with van der Waals surface area (Å²) >= 11 is 4.75. The minimum atomic E-state index is -4.04. The molecule has 2 amide bonds. The second-order valence-corrected chi connectivity index (χ2v) is 19.0. The molecule has 3 aromatic rings. The number of hydrogen-bond acceptors (Lipinski definition) is 12. The number of isothiocyanates is 1. The maximum Gasteiger partial charge on any atom is 0.264 e. The lowest BCUT2D eigenvalue weighted by Gasteiger charge is -2.37. The predicted octanol–water partition coefficient (Wildman–Crippen LogP) is 3.92. The second-order valence-electron chi connectivity index (χ2n) is 13.8. The maximum atomic E-state index is 13.2. The number of carbonyl (C=O) groups excluding carboxylic acids is 2. The Kier molecular flexibility index (Phi) is 12.4. The standard InChI is InChI=1S/C36H39N5O10S4/c1-40-34(51-31-9-6-28-19-29(37-24-52)7-8-30(28)35(31)40)18-27-17-26(16-25-10-13-41(14-11-25)12-4-5-15-55(48,49)50)20-36(21-27,22-32(42)38-53(2,44)45)23-33(43)39-54(3,46)47/h6-11,13-14,16-19H,4-5,12,15,20-23H2,1-3H3,(H2-,38,39,42,43,48,49,50)/p+1. The number of allylic oxidation sites excluding steroid dienone is 4. The molecule has 1 aromatic heterocycles. The van der Waals surface area contributed by atoms with Crippen LogP contribution in [-0.4, -0.2) is 72.1 Å². The van der Waals surface area contributed by atoms with Crippen molar-refractivity contribution in [2.24, 2.45) is 10.4 Å². The molecule has 0 unspecified atom stereocenters. The van der Waals surface area contributed by atoms with Gasteiger partial charge in [-0.3, -0.25) is 23.6 Å². The molecule has 0 saturated heterocycles. The van der Waals surface area contributed by atoms with Crippen molar-refractivity contribution in [2.45, 2.75) is 45.1 Å². The molecule has 2 aromatic carbocycles. The number of benzene rings is 2. The van der Waals surface area contributed by atoms with Gasteiger partial charge in [0.25, 0.3) is 10.1 Å². The van der Waals surface area contributed by atoms with E-state index in [1.807, 2.05) is 80.6 Å². The number of ether oxygens (including phenoxy) is 1. The summed E-state index contributed by atoms with van der Waals surface area (Å²) in [4.78, 5) is 32.3. The molecule has 0 spiro atoms. The van der Waals surface area contributed by atoms with Crippen molar-refractivity contribution in [2.75, 3.05) is 30.2 Å². The summed E-state index contributed by atoms with van der Waals surface area (Å²) < 4.78 is 91.4. The number of amides is 2. The molecule has 55 heavy (non-hydrogen) atoms. The van der Waals surface area contributed by atoms with Crippen LogP contribution in [0.25, 0.3) is 16.8 Å². The molecular formula is C36H40N5O10S4+. The quantitative estimate of drug-likeness (QED) is 0.0695. The highest BCUT2D eigenvalue weighted by Gasteiger charge is 2.40. The van der Waals surface area contributed by atoms with E-state index in [2.05, 4.69) is 10.2 Å². The van der Waals surface area contributed by atoms with Crippen LogP contribution in [0, 0.1) is 5.41 Å². The first-order valence-corrected chi connectivity index (χ1v) is 22.6. The first-order valence-electron chi connectivity index (χ1n) is 16.8. The molecule has 0 bridgehead atoms. The zero-order valence-corrected chi connectivity index (χ0v) is 33.4. The molecule has 15 nitrogen and oxygen atoms in total. The van der Waals surface area contributed by atoms with Crippen molar-refractivity contribution < 1.29 is 48.7 Å². The van der Waals surface area contributed by atoms with Crippen LogP contribution in [-0.2, 0) is 46.3 Å². The first kappa shape index (κ1) is 41.4. The molecule has 5 rings (SSSR count). The van der Waals surface area contributed by atoms with Crippen molar-refractivity contribution in [3.05, 3.63) is 89.6 Å². The largest absolute Gasteiger partial charge is 0.439 e. The number of sulfonamides is 2. The molecular weight excluding hydrogens is 791 g/mol. The number of rotatable bonds is 14. The molecule has 0 atom stereocenters. The zero-order valence-electron chi connectivity index (χ0n) is 30.2. The van der Waals surface area contributed by atoms with Gasteiger partial charge in [-0.2, -0.15) is 13.4 Å². The lowest BCUT2D eigenvalue weighted by atomic mass is 9.67. The summed E-state index contributed by atoms with van der Waals surface area (Å²) in [7, 11) is -10.1. The van der Waals surface area contributed by atoms with Gasteiger partial charge in [-0.05, 0) is 83.3 Å². The summed E-state index contributed by atoms with van der Waals surface area (Å²) in [5.41, 5.74) is 2.20. The van der Waals surface area contributed by atoms with E-state index < -0.39 is 60.2 Å². The van der Waals surface area contributed by atoms with Gasteiger partial charge in [-0.15, -0.1) is 0 Å². The van der Waals surface area contributed by atoms with Crippen LogP contribution >= 0.6 is 12.2 Å². The number of aromatic nitrogens is 1.